The van der Waals surface area contributed by atoms with Crippen LogP contribution in [-0.2, 0) is 16.0 Å². The lowest BCUT2D eigenvalue weighted by Crippen LogP contribution is -2.54. The molecule has 0 radical (unpaired) electrons. The summed E-state index contributed by atoms with van der Waals surface area (Å²) in [6.45, 7) is 5.40. The second-order valence-corrected chi connectivity index (χ2v) is 7.86. The Balaban J connectivity index is 1.74. The molecular formula is C21H29N3O4. The maximum atomic E-state index is 13.0. The van der Waals surface area contributed by atoms with Crippen LogP contribution in [0.5, 0.6) is 0 Å². The maximum absolute atomic E-state index is 13.0. The molecule has 7 nitrogen and oxygen atoms in total. The van der Waals surface area contributed by atoms with Gasteiger partial charge in [-0.1, -0.05) is 19.1 Å². The van der Waals surface area contributed by atoms with E-state index in [0.29, 0.717) is 25.1 Å². The van der Waals surface area contributed by atoms with E-state index in [0.717, 1.165) is 25.1 Å². The number of aliphatic carboxylic acids is 1. The van der Waals surface area contributed by atoms with Gasteiger partial charge in [0, 0.05) is 44.8 Å². The number of hydrogen-bond acceptors (Lipinski definition) is 4. The molecule has 1 aromatic rings. The molecule has 2 heterocycles. The van der Waals surface area contributed by atoms with Crippen LogP contribution in [0.3, 0.4) is 0 Å². The van der Waals surface area contributed by atoms with Gasteiger partial charge in [0.2, 0.25) is 5.91 Å². The van der Waals surface area contributed by atoms with E-state index in [9.17, 15) is 19.5 Å². The lowest BCUT2D eigenvalue weighted by atomic mass is 9.87. The van der Waals surface area contributed by atoms with Gasteiger partial charge in [-0.15, -0.1) is 0 Å². The predicted molar refractivity (Wildman–Crippen MR) is 105 cm³/mol. The fraction of sp³-hybridized carbons (Fsp3) is 0.571. The number of aryl methyl sites for hydroxylation is 1. The summed E-state index contributed by atoms with van der Waals surface area (Å²) in [5, 5.41) is 9.55. The van der Waals surface area contributed by atoms with Gasteiger partial charge in [-0.3, -0.25) is 14.4 Å². The minimum Gasteiger partial charge on any atom is -0.481 e. The number of likely N-dealkylation sites (N-methyl/N-ethyl adjacent to an activating group) is 1. The first-order valence-electron chi connectivity index (χ1n) is 9.97. The number of nitrogens with zero attached hydrogens (tertiary/aromatic N) is 3. The summed E-state index contributed by atoms with van der Waals surface area (Å²) < 4.78 is 0. The lowest BCUT2D eigenvalue weighted by Gasteiger charge is -2.39. The van der Waals surface area contributed by atoms with Gasteiger partial charge in [0.1, 0.15) is 0 Å². The van der Waals surface area contributed by atoms with Crippen LogP contribution in [0.15, 0.2) is 24.3 Å². The van der Waals surface area contributed by atoms with Crippen molar-refractivity contribution in [1.29, 1.82) is 0 Å². The van der Waals surface area contributed by atoms with Crippen molar-refractivity contribution in [3.63, 3.8) is 0 Å². The molecule has 0 spiro atoms. The van der Waals surface area contributed by atoms with Crippen LogP contribution in [-0.4, -0.2) is 83.9 Å². The number of carbonyl (C=O) groups is 3. The van der Waals surface area contributed by atoms with Crippen LogP contribution >= 0.6 is 0 Å². The third-order valence-electron chi connectivity index (χ3n) is 5.86. The molecule has 2 fully saturated rings. The van der Waals surface area contributed by atoms with Crippen LogP contribution in [0, 0.1) is 11.8 Å². The highest BCUT2D eigenvalue weighted by molar-refractivity contribution is 5.95. The van der Waals surface area contributed by atoms with Crippen LogP contribution in [0.1, 0.15) is 29.3 Å². The van der Waals surface area contributed by atoms with Crippen molar-refractivity contribution in [2.24, 2.45) is 11.8 Å². The van der Waals surface area contributed by atoms with Crippen molar-refractivity contribution in [3.8, 4) is 0 Å². The molecule has 0 saturated carbocycles. The van der Waals surface area contributed by atoms with Crippen LogP contribution in [0.25, 0.3) is 0 Å². The van der Waals surface area contributed by atoms with Gasteiger partial charge >= 0.3 is 5.97 Å². The molecule has 3 rings (SSSR count). The molecule has 0 bridgehead atoms. The number of carboxylic acid groups (broad SMARTS) is 1. The first-order chi connectivity index (χ1) is 13.4. The smallest absolute Gasteiger partial charge is 0.308 e. The average Bonchev–Trinajstić information content (AvgIpc) is 2.73. The van der Waals surface area contributed by atoms with E-state index in [-0.39, 0.29) is 24.9 Å². The predicted octanol–water partition coefficient (Wildman–Crippen LogP) is 1.19. The van der Waals surface area contributed by atoms with Crippen LogP contribution in [0.4, 0.5) is 0 Å². The molecule has 28 heavy (non-hydrogen) atoms. The highest BCUT2D eigenvalue weighted by Gasteiger charge is 2.39. The zero-order valence-corrected chi connectivity index (χ0v) is 16.6. The van der Waals surface area contributed by atoms with Gasteiger partial charge in [0.25, 0.3) is 5.91 Å². The summed E-state index contributed by atoms with van der Waals surface area (Å²) in [5.74, 6) is -2.36. The van der Waals surface area contributed by atoms with Crippen LogP contribution < -0.4 is 0 Å². The molecule has 1 N–H and O–H groups in total. The summed E-state index contributed by atoms with van der Waals surface area (Å²) in [7, 11) is 2.02. The Morgan fingerprint density at radius 2 is 1.57 bits per heavy atom. The molecule has 0 unspecified atom stereocenters. The van der Waals surface area contributed by atoms with Crippen LogP contribution in [0.2, 0.25) is 0 Å². The van der Waals surface area contributed by atoms with Gasteiger partial charge in [0.15, 0.2) is 0 Å². The largest absolute Gasteiger partial charge is 0.481 e. The number of hydrogen-bond donors (Lipinski definition) is 1. The number of benzene rings is 1. The molecule has 1 aromatic carbocycles. The molecule has 2 atom stereocenters. The number of piperidine rings is 1. The monoisotopic (exact) mass is 387 g/mol. The van der Waals surface area contributed by atoms with Crippen molar-refractivity contribution < 1.29 is 19.5 Å². The van der Waals surface area contributed by atoms with Gasteiger partial charge in [-0.2, -0.15) is 0 Å². The Labute approximate surface area is 165 Å². The second-order valence-electron chi connectivity index (χ2n) is 7.86. The summed E-state index contributed by atoms with van der Waals surface area (Å²) in [4.78, 5) is 43.1. The Hall–Kier alpha value is -2.41. The summed E-state index contributed by atoms with van der Waals surface area (Å²) in [5.41, 5.74) is 1.68. The number of likely N-dealkylation sites (tertiary alicyclic amines) is 1. The third kappa shape index (κ3) is 4.52. The minimum absolute atomic E-state index is 0.0295. The van der Waals surface area contributed by atoms with Crippen molar-refractivity contribution in [2.45, 2.75) is 19.8 Å². The topological polar surface area (TPSA) is 81.2 Å². The van der Waals surface area contributed by atoms with E-state index in [1.807, 2.05) is 31.0 Å². The molecule has 152 valence electrons. The highest BCUT2D eigenvalue weighted by atomic mass is 16.4. The Bertz CT molecular complexity index is 726. The standard InChI is InChI=1S/C21H29N3O4/c1-3-15-4-6-16(7-5-15)19(25)24-13-17(12-18(14-24)21(27)28)20(26)23-10-8-22(2)9-11-23/h4-7,17-18H,3,8-14H2,1-2H3,(H,27,28)/t17-,18+/m1/s1. The Morgan fingerprint density at radius 1 is 0.964 bits per heavy atom. The van der Waals surface area contributed by atoms with E-state index < -0.39 is 17.8 Å². The number of carboxylic acids is 1. The van der Waals surface area contributed by atoms with E-state index in [2.05, 4.69) is 4.90 Å². The zero-order valence-electron chi connectivity index (χ0n) is 16.6. The Morgan fingerprint density at radius 3 is 2.14 bits per heavy atom. The van der Waals surface area contributed by atoms with E-state index in [1.165, 1.54) is 0 Å². The highest BCUT2D eigenvalue weighted by Crippen LogP contribution is 2.26. The van der Waals surface area contributed by atoms with Gasteiger partial charge in [-0.05, 0) is 37.6 Å². The number of piperazine rings is 1. The SMILES string of the molecule is CCc1ccc(C(=O)N2C[C@@H](C(=O)O)C[C@@H](C(=O)N3CCN(C)CC3)C2)cc1. The van der Waals surface area contributed by atoms with Crippen molar-refractivity contribution in [1.82, 2.24) is 14.7 Å². The summed E-state index contributed by atoms with van der Waals surface area (Å²) >= 11 is 0. The minimum atomic E-state index is -0.949. The second kappa shape index (κ2) is 8.73. The summed E-state index contributed by atoms with van der Waals surface area (Å²) in [6, 6.07) is 7.39. The summed E-state index contributed by atoms with van der Waals surface area (Å²) in [6.07, 6.45) is 1.18. The number of amides is 2. The fourth-order valence-corrected chi connectivity index (χ4v) is 3.97. The molecule has 2 aliphatic heterocycles. The number of rotatable bonds is 4. The van der Waals surface area contributed by atoms with Crippen molar-refractivity contribution >= 4 is 17.8 Å². The normalized spacial score (nSPS) is 23.5. The molecule has 0 aromatic heterocycles. The van der Waals surface area contributed by atoms with Crippen molar-refractivity contribution in [3.05, 3.63) is 35.4 Å². The van der Waals surface area contributed by atoms with Crippen molar-refractivity contribution in [2.75, 3.05) is 46.3 Å². The van der Waals surface area contributed by atoms with Gasteiger partial charge < -0.3 is 19.8 Å². The quantitative estimate of drug-likeness (QED) is 0.839. The van der Waals surface area contributed by atoms with E-state index in [1.54, 1.807) is 17.0 Å². The molecule has 2 amide bonds. The van der Waals surface area contributed by atoms with E-state index >= 15 is 0 Å². The Kier molecular flexibility index (Phi) is 6.34. The molecule has 2 aliphatic rings. The molecule has 2 saturated heterocycles. The molecule has 0 aliphatic carbocycles. The van der Waals surface area contributed by atoms with E-state index in [4.69, 9.17) is 0 Å². The average molecular weight is 387 g/mol. The zero-order chi connectivity index (χ0) is 20.3. The van der Waals surface area contributed by atoms with Gasteiger partial charge in [-0.25, -0.2) is 0 Å². The van der Waals surface area contributed by atoms with Gasteiger partial charge in [0.05, 0.1) is 11.8 Å². The molecule has 7 heteroatoms. The first-order valence-corrected chi connectivity index (χ1v) is 9.97. The third-order valence-corrected chi connectivity index (χ3v) is 5.86. The first kappa shape index (κ1) is 20.3. The fourth-order valence-electron chi connectivity index (χ4n) is 3.97. The number of carbonyl (C=O) groups excluding carboxylic acids is 2. The lowest BCUT2D eigenvalue weighted by molar-refractivity contribution is -0.147. The molecular weight excluding hydrogens is 358 g/mol. The maximum Gasteiger partial charge on any atom is 0.308 e.